The summed E-state index contributed by atoms with van der Waals surface area (Å²) in [7, 11) is -2.92. The molecular weight excluding hydrogens is 188 g/mol. The molecular formula is C8H16N2O2S. The van der Waals surface area contributed by atoms with Gasteiger partial charge >= 0.3 is 0 Å². The van der Waals surface area contributed by atoms with E-state index in [9.17, 15) is 8.42 Å². The quantitative estimate of drug-likeness (QED) is 0.690. The summed E-state index contributed by atoms with van der Waals surface area (Å²) in [5.41, 5.74) is 5.67. The predicted molar refractivity (Wildman–Crippen MR) is 50.7 cm³/mol. The number of hydrogen-bond acceptors (Lipinski definition) is 3. The molecule has 0 amide bonds. The molecule has 2 fully saturated rings. The Morgan fingerprint density at radius 3 is 2.31 bits per heavy atom. The highest BCUT2D eigenvalue weighted by atomic mass is 32.2. The highest BCUT2D eigenvalue weighted by Gasteiger charge is 2.45. The van der Waals surface area contributed by atoms with Crippen molar-refractivity contribution >= 4 is 10.0 Å². The smallest absolute Gasteiger partial charge is 0.217 e. The minimum atomic E-state index is -2.92. The topological polar surface area (TPSA) is 63.4 Å². The molecule has 1 heterocycles. The molecule has 0 aromatic heterocycles. The molecule has 2 aliphatic rings. The van der Waals surface area contributed by atoms with E-state index in [0.717, 1.165) is 12.8 Å². The van der Waals surface area contributed by atoms with E-state index in [1.807, 2.05) is 6.92 Å². The van der Waals surface area contributed by atoms with Gasteiger partial charge in [0.05, 0.1) is 5.25 Å². The number of nitrogens with zero attached hydrogens (tertiary/aromatic N) is 1. The Morgan fingerprint density at radius 2 is 1.92 bits per heavy atom. The maximum absolute atomic E-state index is 11.6. The molecule has 1 atom stereocenters. The summed E-state index contributed by atoms with van der Waals surface area (Å²) in [6, 6.07) is 0.116. The second-order valence-electron chi connectivity index (χ2n) is 4.18. The van der Waals surface area contributed by atoms with Gasteiger partial charge in [-0.2, -0.15) is 0 Å². The van der Waals surface area contributed by atoms with E-state index in [1.54, 1.807) is 4.31 Å². The monoisotopic (exact) mass is 204 g/mol. The van der Waals surface area contributed by atoms with Crippen molar-refractivity contribution in [2.75, 3.05) is 13.1 Å². The fraction of sp³-hybridized carbons (Fsp3) is 1.00. The molecule has 13 heavy (non-hydrogen) atoms. The molecule has 1 saturated carbocycles. The maximum Gasteiger partial charge on any atom is 0.217 e. The summed E-state index contributed by atoms with van der Waals surface area (Å²) in [5, 5.41) is -0.0680. The van der Waals surface area contributed by atoms with E-state index in [2.05, 4.69) is 0 Å². The third-order valence-corrected chi connectivity index (χ3v) is 5.26. The zero-order valence-corrected chi connectivity index (χ0v) is 8.63. The molecule has 5 heteroatoms. The van der Waals surface area contributed by atoms with Gasteiger partial charge in [0.2, 0.25) is 10.0 Å². The lowest BCUT2D eigenvalue weighted by Gasteiger charge is -2.40. The van der Waals surface area contributed by atoms with Gasteiger partial charge in [0.15, 0.2) is 0 Å². The first-order valence-corrected chi connectivity index (χ1v) is 6.26. The van der Waals surface area contributed by atoms with Crippen LogP contribution in [0.1, 0.15) is 19.8 Å². The third-order valence-electron chi connectivity index (χ3n) is 2.93. The Morgan fingerprint density at radius 1 is 1.38 bits per heavy atom. The number of nitrogens with two attached hydrogens (primary N) is 1. The first-order valence-electron chi connectivity index (χ1n) is 4.76. The van der Waals surface area contributed by atoms with E-state index in [0.29, 0.717) is 19.0 Å². The van der Waals surface area contributed by atoms with Crippen LogP contribution < -0.4 is 5.73 Å². The van der Waals surface area contributed by atoms with Crippen LogP contribution in [0.2, 0.25) is 0 Å². The van der Waals surface area contributed by atoms with Crippen LogP contribution in [0.25, 0.3) is 0 Å². The minimum absolute atomic E-state index is 0.0680. The molecule has 1 unspecified atom stereocenters. The molecule has 1 saturated heterocycles. The van der Waals surface area contributed by atoms with E-state index in [1.165, 1.54) is 0 Å². The van der Waals surface area contributed by atoms with Gasteiger partial charge < -0.3 is 5.73 Å². The van der Waals surface area contributed by atoms with Crippen LogP contribution in [0.3, 0.4) is 0 Å². The lowest BCUT2D eigenvalue weighted by Crippen LogP contribution is -2.56. The van der Waals surface area contributed by atoms with Crippen molar-refractivity contribution in [3.8, 4) is 0 Å². The number of sulfonamides is 1. The molecule has 0 radical (unpaired) electrons. The molecule has 2 N–H and O–H groups in total. The van der Waals surface area contributed by atoms with Gasteiger partial charge in [-0.05, 0) is 19.8 Å². The number of hydrogen-bond donors (Lipinski definition) is 1. The van der Waals surface area contributed by atoms with Crippen LogP contribution >= 0.6 is 0 Å². The fourth-order valence-corrected chi connectivity index (χ4v) is 3.54. The van der Waals surface area contributed by atoms with Crippen LogP contribution in [-0.2, 0) is 10.0 Å². The van der Waals surface area contributed by atoms with Crippen LogP contribution in [0, 0.1) is 5.92 Å². The highest BCUT2D eigenvalue weighted by molar-refractivity contribution is 7.90. The molecule has 0 aromatic carbocycles. The first-order chi connectivity index (χ1) is 6.01. The zero-order valence-electron chi connectivity index (χ0n) is 7.81. The Bertz CT molecular complexity index is 289. The highest BCUT2D eigenvalue weighted by Crippen LogP contribution is 2.34. The lowest BCUT2D eigenvalue weighted by molar-refractivity contribution is 0.177. The summed E-state index contributed by atoms with van der Waals surface area (Å²) in [6.07, 6.45) is 1.70. The van der Waals surface area contributed by atoms with E-state index in [-0.39, 0.29) is 11.3 Å². The summed E-state index contributed by atoms with van der Waals surface area (Å²) >= 11 is 0. The predicted octanol–water partition coefficient (Wildman–Crippen LogP) is -0.242. The molecule has 0 aromatic rings. The molecule has 0 spiro atoms. The second-order valence-corrected chi connectivity index (χ2v) is 6.39. The van der Waals surface area contributed by atoms with Gasteiger partial charge in [0.25, 0.3) is 0 Å². The van der Waals surface area contributed by atoms with Gasteiger partial charge in [-0.15, -0.1) is 0 Å². The van der Waals surface area contributed by atoms with Gasteiger partial charge in [-0.3, -0.25) is 0 Å². The molecule has 2 rings (SSSR count). The van der Waals surface area contributed by atoms with Gasteiger partial charge in [-0.1, -0.05) is 0 Å². The van der Waals surface area contributed by atoms with Crippen molar-refractivity contribution in [2.24, 2.45) is 11.7 Å². The Hall–Kier alpha value is -0.130. The Balaban J connectivity index is 1.92. The maximum atomic E-state index is 11.6. The largest absolute Gasteiger partial charge is 0.328 e. The van der Waals surface area contributed by atoms with E-state index in [4.69, 9.17) is 5.73 Å². The normalized spacial score (nSPS) is 28.5. The van der Waals surface area contributed by atoms with Crippen molar-refractivity contribution in [3.63, 3.8) is 0 Å². The van der Waals surface area contributed by atoms with Crippen LogP contribution in [-0.4, -0.2) is 37.1 Å². The third kappa shape index (κ3) is 1.60. The summed E-state index contributed by atoms with van der Waals surface area (Å²) < 4.78 is 24.8. The summed E-state index contributed by atoms with van der Waals surface area (Å²) in [4.78, 5) is 0. The van der Waals surface area contributed by atoms with Gasteiger partial charge in [0, 0.05) is 25.0 Å². The zero-order chi connectivity index (χ0) is 9.64. The van der Waals surface area contributed by atoms with Crippen molar-refractivity contribution in [1.29, 1.82) is 0 Å². The lowest BCUT2D eigenvalue weighted by atomic mass is 9.96. The molecule has 4 nitrogen and oxygen atoms in total. The Kier molecular flexibility index (Phi) is 2.13. The molecule has 0 bridgehead atoms. The molecule has 1 aliphatic heterocycles. The molecule has 1 aliphatic carbocycles. The van der Waals surface area contributed by atoms with Gasteiger partial charge in [-0.25, -0.2) is 12.7 Å². The molecule has 76 valence electrons. The SMILES string of the molecule is CC(N)C1CN(S(=O)(=O)C2CC2)C1. The first kappa shape index (κ1) is 9.43. The van der Waals surface area contributed by atoms with Crippen LogP contribution in [0.4, 0.5) is 0 Å². The van der Waals surface area contributed by atoms with Crippen molar-refractivity contribution in [2.45, 2.75) is 31.1 Å². The summed E-state index contributed by atoms with van der Waals surface area (Å²) in [5.74, 6) is 0.369. The van der Waals surface area contributed by atoms with E-state index < -0.39 is 10.0 Å². The number of rotatable bonds is 3. The van der Waals surface area contributed by atoms with E-state index >= 15 is 0 Å². The average molecular weight is 204 g/mol. The van der Waals surface area contributed by atoms with Gasteiger partial charge in [0.1, 0.15) is 0 Å². The van der Waals surface area contributed by atoms with Crippen LogP contribution in [0.15, 0.2) is 0 Å². The minimum Gasteiger partial charge on any atom is -0.328 e. The Labute approximate surface area is 79.1 Å². The average Bonchev–Trinajstić information content (AvgIpc) is 2.59. The van der Waals surface area contributed by atoms with Crippen LogP contribution in [0.5, 0.6) is 0 Å². The van der Waals surface area contributed by atoms with Crippen molar-refractivity contribution in [3.05, 3.63) is 0 Å². The second kappa shape index (κ2) is 2.93. The van der Waals surface area contributed by atoms with Crippen molar-refractivity contribution < 1.29 is 8.42 Å². The van der Waals surface area contributed by atoms with Crippen molar-refractivity contribution in [1.82, 2.24) is 4.31 Å². The fourth-order valence-electron chi connectivity index (χ4n) is 1.59. The summed E-state index contributed by atoms with van der Waals surface area (Å²) in [6.45, 7) is 3.21. The standard InChI is InChI=1S/C8H16N2O2S/c1-6(9)7-4-10(5-7)13(11,12)8-2-3-8/h6-8H,2-5,9H2,1H3.